The molecule has 3 rings (SSSR count). The van der Waals surface area contributed by atoms with E-state index in [1.165, 1.54) is 5.56 Å². The molecule has 0 saturated heterocycles. The van der Waals surface area contributed by atoms with E-state index >= 15 is 0 Å². The average Bonchev–Trinajstić information content (AvgIpc) is 2.66. The van der Waals surface area contributed by atoms with Crippen molar-refractivity contribution in [1.29, 1.82) is 0 Å². The lowest BCUT2D eigenvalue weighted by atomic mass is 10.1. The quantitative estimate of drug-likeness (QED) is 0.768. The van der Waals surface area contributed by atoms with Crippen molar-refractivity contribution in [2.45, 2.75) is 13.5 Å². The Kier molecular flexibility index (Phi) is 5.09. The highest BCUT2D eigenvalue weighted by Gasteiger charge is 2.07. The normalized spacial score (nSPS) is 10.3. The third-order valence-electron chi connectivity index (χ3n) is 3.95. The number of hydrogen-bond acceptors (Lipinski definition) is 3. The Morgan fingerprint density at radius 3 is 2.52 bits per heavy atom. The maximum Gasteiger partial charge on any atom is 0.253 e. The first-order chi connectivity index (χ1) is 12.2. The summed E-state index contributed by atoms with van der Waals surface area (Å²) in [5, 5.41) is 2.90. The minimum Gasteiger partial charge on any atom is -0.497 e. The van der Waals surface area contributed by atoms with Crippen LogP contribution in [0, 0.1) is 6.92 Å². The van der Waals surface area contributed by atoms with E-state index in [0.717, 1.165) is 22.6 Å². The van der Waals surface area contributed by atoms with Gasteiger partial charge in [0, 0.05) is 18.3 Å². The molecule has 25 heavy (non-hydrogen) atoms. The van der Waals surface area contributed by atoms with Crippen molar-refractivity contribution in [2.24, 2.45) is 0 Å². The van der Waals surface area contributed by atoms with E-state index in [0.29, 0.717) is 12.1 Å². The molecule has 3 aromatic rings. The lowest BCUT2D eigenvalue weighted by molar-refractivity contribution is 0.0950. The van der Waals surface area contributed by atoms with Gasteiger partial charge in [-0.1, -0.05) is 35.9 Å². The van der Waals surface area contributed by atoms with Gasteiger partial charge in [0.15, 0.2) is 0 Å². The van der Waals surface area contributed by atoms with Gasteiger partial charge in [-0.15, -0.1) is 0 Å². The number of carbonyl (C=O) groups is 1. The number of aromatic nitrogens is 1. The molecule has 0 aliphatic carbocycles. The SMILES string of the molecule is COc1ccc(CNC(=O)c2ccc(-c3cccc(C)c3)nc2)cc1. The molecule has 4 heteroatoms. The number of rotatable bonds is 5. The van der Waals surface area contributed by atoms with Gasteiger partial charge in [0.25, 0.3) is 5.91 Å². The molecule has 0 atom stereocenters. The maximum absolute atomic E-state index is 12.3. The van der Waals surface area contributed by atoms with Crippen molar-refractivity contribution in [3.63, 3.8) is 0 Å². The van der Waals surface area contributed by atoms with Crippen molar-refractivity contribution in [1.82, 2.24) is 10.3 Å². The van der Waals surface area contributed by atoms with Crippen LogP contribution in [0.2, 0.25) is 0 Å². The number of ether oxygens (including phenoxy) is 1. The summed E-state index contributed by atoms with van der Waals surface area (Å²) in [6, 6.07) is 19.4. The predicted octanol–water partition coefficient (Wildman–Crippen LogP) is 4.00. The minimum absolute atomic E-state index is 0.140. The topological polar surface area (TPSA) is 51.2 Å². The Bertz CT molecular complexity index is 856. The van der Waals surface area contributed by atoms with Gasteiger partial charge >= 0.3 is 0 Å². The molecule has 2 aromatic carbocycles. The highest BCUT2D eigenvalue weighted by Crippen LogP contribution is 2.18. The molecule has 0 saturated carbocycles. The van der Waals surface area contributed by atoms with E-state index in [2.05, 4.69) is 16.4 Å². The molecule has 0 bridgehead atoms. The van der Waals surface area contributed by atoms with E-state index in [-0.39, 0.29) is 5.91 Å². The van der Waals surface area contributed by atoms with Gasteiger partial charge in [-0.2, -0.15) is 0 Å². The van der Waals surface area contributed by atoms with Crippen molar-refractivity contribution >= 4 is 5.91 Å². The molecule has 0 spiro atoms. The molecule has 4 nitrogen and oxygen atoms in total. The summed E-state index contributed by atoms with van der Waals surface area (Å²) in [5.74, 6) is 0.658. The second kappa shape index (κ2) is 7.62. The van der Waals surface area contributed by atoms with Gasteiger partial charge in [0.05, 0.1) is 18.4 Å². The number of pyridine rings is 1. The fourth-order valence-electron chi connectivity index (χ4n) is 2.53. The number of benzene rings is 2. The fourth-order valence-corrected chi connectivity index (χ4v) is 2.53. The Balaban J connectivity index is 1.64. The Hall–Kier alpha value is -3.14. The van der Waals surface area contributed by atoms with E-state index in [1.54, 1.807) is 19.4 Å². The molecule has 0 aliphatic heterocycles. The van der Waals surface area contributed by atoms with Crippen LogP contribution in [0.5, 0.6) is 5.75 Å². The molecule has 1 aromatic heterocycles. The van der Waals surface area contributed by atoms with Crippen molar-refractivity contribution in [3.05, 3.63) is 83.6 Å². The maximum atomic E-state index is 12.3. The molecule has 1 N–H and O–H groups in total. The van der Waals surface area contributed by atoms with Gasteiger partial charge in [-0.3, -0.25) is 9.78 Å². The molecular weight excluding hydrogens is 312 g/mol. The molecule has 126 valence electrons. The zero-order valence-corrected chi connectivity index (χ0v) is 14.3. The molecule has 0 unspecified atom stereocenters. The van der Waals surface area contributed by atoms with Crippen LogP contribution in [0.4, 0.5) is 0 Å². The standard InChI is InChI=1S/C21H20N2O2/c1-15-4-3-5-17(12-15)20-11-8-18(14-22-20)21(24)23-13-16-6-9-19(25-2)10-7-16/h3-12,14H,13H2,1-2H3,(H,23,24). The van der Waals surface area contributed by atoms with Gasteiger partial charge in [-0.05, 0) is 42.8 Å². The molecule has 1 amide bonds. The number of amides is 1. The summed E-state index contributed by atoms with van der Waals surface area (Å²) in [7, 11) is 1.63. The molecule has 0 aliphatic rings. The number of nitrogens with zero attached hydrogens (tertiary/aromatic N) is 1. The summed E-state index contributed by atoms with van der Waals surface area (Å²) < 4.78 is 5.12. The number of nitrogens with one attached hydrogen (secondary N) is 1. The summed E-state index contributed by atoms with van der Waals surface area (Å²) in [5.41, 5.74) is 4.64. The predicted molar refractivity (Wildman–Crippen MR) is 98.6 cm³/mol. The molecule has 0 fully saturated rings. The summed E-state index contributed by atoms with van der Waals surface area (Å²) in [4.78, 5) is 16.7. The van der Waals surface area contributed by atoms with Crippen LogP contribution in [-0.4, -0.2) is 18.0 Å². The highest BCUT2D eigenvalue weighted by molar-refractivity contribution is 5.94. The molecule has 0 radical (unpaired) electrons. The third kappa shape index (κ3) is 4.23. The van der Waals surface area contributed by atoms with Gasteiger partial charge < -0.3 is 10.1 Å². The minimum atomic E-state index is -0.140. The monoisotopic (exact) mass is 332 g/mol. The largest absolute Gasteiger partial charge is 0.497 e. The van der Waals surface area contributed by atoms with Crippen LogP contribution in [0.3, 0.4) is 0 Å². The Labute approximate surface area is 147 Å². The first kappa shape index (κ1) is 16.7. The van der Waals surface area contributed by atoms with E-state index < -0.39 is 0 Å². The number of carbonyl (C=O) groups excluding carboxylic acids is 1. The molecule has 1 heterocycles. The highest BCUT2D eigenvalue weighted by atomic mass is 16.5. The summed E-state index contributed by atoms with van der Waals surface area (Å²) in [6.45, 7) is 2.51. The van der Waals surface area contributed by atoms with E-state index in [4.69, 9.17) is 4.74 Å². The van der Waals surface area contributed by atoms with Crippen LogP contribution in [-0.2, 0) is 6.54 Å². The lowest BCUT2D eigenvalue weighted by Crippen LogP contribution is -2.22. The van der Waals surface area contributed by atoms with Crippen LogP contribution >= 0.6 is 0 Å². The summed E-state index contributed by atoms with van der Waals surface area (Å²) >= 11 is 0. The first-order valence-electron chi connectivity index (χ1n) is 8.10. The zero-order chi connectivity index (χ0) is 17.6. The van der Waals surface area contributed by atoms with E-state index in [9.17, 15) is 4.79 Å². The van der Waals surface area contributed by atoms with Crippen molar-refractivity contribution < 1.29 is 9.53 Å². The summed E-state index contributed by atoms with van der Waals surface area (Å²) in [6.07, 6.45) is 1.61. The lowest BCUT2D eigenvalue weighted by Gasteiger charge is -2.07. The van der Waals surface area contributed by atoms with Gasteiger partial charge in [0.2, 0.25) is 0 Å². The zero-order valence-electron chi connectivity index (χ0n) is 14.3. The number of methoxy groups -OCH3 is 1. The average molecular weight is 332 g/mol. The fraction of sp³-hybridized carbons (Fsp3) is 0.143. The molecular formula is C21H20N2O2. The van der Waals surface area contributed by atoms with Crippen LogP contribution in [0.15, 0.2) is 66.9 Å². The number of hydrogen-bond donors (Lipinski definition) is 1. The Morgan fingerprint density at radius 2 is 1.88 bits per heavy atom. The van der Waals surface area contributed by atoms with Crippen LogP contribution in [0.1, 0.15) is 21.5 Å². The van der Waals surface area contributed by atoms with Crippen LogP contribution < -0.4 is 10.1 Å². The van der Waals surface area contributed by atoms with Crippen molar-refractivity contribution in [2.75, 3.05) is 7.11 Å². The van der Waals surface area contributed by atoms with Crippen LogP contribution in [0.25, 0.3) is 11.3 Å². The van der Waals surface area contributed by atoms with Crippen molar-refractivity contribution in [3.8, 4) is 17.0 Å². The third-order valence-corrected chi connectivity index (χ3v) is 3.95. The van der Waals surface area contributed by atoms with E-state index in [1.807, 2.05) is 55.5 Å². The Morgan fingerprint density at radius 1 is 1.08 bits per heavy atom. The second-order valence-electron chi connectivity index (χ2n) is 5.83. The second-order valence-corrected chi connectivity index (χ2v) is 5.83. The first-order valence-corrected chi connectivity index (χ1v) is 8.10. The smallest absolute Gasteiger partial charge is 0.253 e. The van der Waals surface area contributed by atoms with Gasteiger partial charge in [-0.25, -0.2) is 0 Å². The van der Waals surface area contributed by atoms with Gasteiger partial charge in [0.1, 0.15) is 5.75 Å². The number of aryl methyl sites for hydroxylation is 1.